The Hall–Kier alpha value is -1.96. The van der Waals surface area contributed by atoms with Crippen molar-refractivity contribution in [2.24, 2.45) is 0 Å². The van der Waals surface area contributed by atoms with E-state index in [1.54, 1.807) is 12.1 Å². The lowest BCUT2D eigenvalue weighted by Gasteiger charge is -2.04. The van der Waals surface area contributed by atoms with E-state index in [0.717, 1.165) is 36.7 Å². The third-order valence-electron chi connectivity index (χ3n) is 4.02. The van der Waals surface area contributed by atoms with Crippen molar-refractivity contribution in [3.8, 4) is 0 Å². The van der Waals surface area contributed by atoms with E-state index >= 15 is 0 Å². The second-order valence-electron chi connectivity index (χ2n) is 5.93. The average molecular weight is 377 g/mol. The molecule has 0 aliphatic heterocycles. The van der Waals surface area contributed by atoms with Crippen molar-refractivity contribution in [3.05, 3.63) is 62.7 Å². The second-order valence-corrected chi connectivity index (χ2v) is 8.64. The molecule has 0 atom stereocenters. The molecular formula is C18H20N2O3S2. The van der Waals surface area contributed by atoms with E-state index in [-0.39, 0.29) is 0 Å². The maximum Gasteiger partial charge on any atom is 0.276 e. The predicted molar refractivity (Wildman–Crippen MR) is 101 cm³/mol. The number of carbonyl (C=O) groups is 1. The number of thiophene rings is 1. The van der Waals surface area contributed by atoms with Crippen LogP contribution in [0, 0.1) is 0 Å². The average Bonchev–Trinajstić information content (AvgIpc) is 2.90. The zero-order valence-corrected chi connectivity index (χ0v) is 15.3. The summed E-state index contributed by atoms with van der Waals surface area (Å²) in [6, 6.07) is 11.0. The molecule has 1 aromatic carbocycles. The van der Waals surface area contributed by atoms with Crippen LogP contribution < -0.4 is 10.3 Å². The molecule has 0 bridgehead atoms. The van der Waals surface area contributed by atoms with Gasteiger partial charge in [0, 0.05) is 10.3 Å². The number of aryl methyl sites for hydroxylation is 2. The van der Waals surface area contributed by atoms with E-state index in [2.05, 4.69) is 10.3 Å². The summed E-state index contributed by atoms with van der Waals surface area (Å²) in [6.07, 6.45) is 6.97. The minimum absolute atomic E-state index is 0.422. The monoisotopic (exact) mass is 376 g/mol. The molecule has 0 unspecified atom stereocenters. The lowest BCUT2D eigenvalue weighted by atomic mass is 10.1. The summed E-state index contributed by atoms with van der Waals surface area (Å²) in [5.41, 5.74) is 4.27. The molecule has 1 aliphatic carbocycles. The number of amides is 1. The smallest absolute Gasteiger partial charge is 0.273 e. The molecule has 1 amide bonds. The Morgan fingerprint density at radius 2 is 1.84 bits per heavy atom. The van der Waals surface area contributed by atoms with Crippen LogP contribution in [0.2, 0.25) is 0 Å². The third-order valence-corrected chi connectivity index (χ3v) is 6.13. The largest absolute Gasteiger partial charge is 0.276 e. The zero-order chi connectivity index (χ0) is 17.7. The maximum atomic E-state index is 12.2. The first kappa shape index (κ1) is 17.8. The minimum atomic E-state index is -3.75. The predicted octanol–water partition coefficient (Wildman–Crippen LogP) is 3.25. The van der Waals surface area contributed by atoms with Gasteiger partial charge in [0.2, 0.25) is 0 Å². The summed E-state index contributed by atoms with van der Waals surface area (Å²) in [6.45, 7) is 0. The Balaban J connectivity index is 1.61. The molecule has 132 valence electrons. The molecule has 1 heterocycles. The number of hydrazine groups is 1. The highest BCUT2D eigenvalue weighted by molar-refractivity contribution is 7.92. The fourth-order valence-electron chi connectivity index (χ4n) is 2.72. The number of carbonyl (C=O) groups excluding carboxylic acids is 1. The lowest BCUT2D eigenvalue weighted by molar-refractivity contribution is 0.0949. The van der Waals surface area contributed by atoms with Crippen LogP contribution in [0.5, 0.6) is 0 Å². The molecule has 1 aliphatic rings. The van der Waals surface area contributed by atoms with Gasteiger partial charge in [0.15, 0.2) is 0 Å². The first-order chi connectivity index (χ1) is 12.0. The van der Waals surface area contributed by atoms with E-state index < -0.39 is 15.9 Å². The minimum Gasteiger partial charge on any atom is -0.273 e. The first-order valence-electron chi connectivity index (χ1n) is 8.20. The van der Waals surface area contributed by atoms with Crippen molar-refractivity contribution >= 4 is 33.3 Å². The zero-order valence-electron chi connectivity index (χ0n) is 13.7. The number of fused-ring (bicyclic) bond motifs is 1. The summed E-state index contributed by atoms with van der Waals surface area (Å²) in [5.74, 6) is -0.422. The Labute approximate surface area is 151 Å². The van der Waals surface area contributed by atoms with Crippen LogP contribution in [0.1, 0.15) is 44.9 Å². The van der Waals surface area contributed by atoms with Crippen LogP contribution >= 0.6 is 11.3 Å². The number of sulfonamides is 1. The van der Waals surface area contributed by atoms with Crippen LogP contribution in [0.25, 0.3) is 6.08 Å². The van der Waals surface area contributed by atoms with Gasteiger partial charge >= 0.3 is 0 Å². The molecule has 0 radical (unpaired) electrons. The van der Waals surface area contributed by atoms with Gasteiger partial charge in [0.1, 0.15) is 0 Å². The Bertz CT molecular complexity index is 847. The molecule has 0 saturated heterocycles. The van der Waals surface area contributed by atoms with Gasteiger partial charge in [-0.05, 0) is 49.0 Å². The summed E-state index contributed by atoms with van der Waals surface area (Å²) in [4.78, 5) is 16.1. The van der Waals surface area contributed by atoms with Crippen LogP contribution in [0.4, 0.5) is 0 Å². The molecular weight excluding hydrogens is 356 g/mol. The first-order valence-corrected chi connectivity index (χ1v) is 10.6. The van der Waals surface area contributed by atoms with E-state index in [1.165, 1.54) is 34.3 Å². The molecule has 5 nitrogen and oxygen atoms in total. The number of nitrogens with one attached hydrogen (secondary N) is 2. The van der Waals surface area contributed by atoms with Gasteiger partial charge in [-0.3, -0.25) is 10.2 Å². The Morgan fingerprint density at radius 1 is 1.08 bits per heavy atom. The molecule has 3 rings (SSSR count). The normalized spacial score (nSPS) is 14.9. The van der Waals surface area contributed by atoms with Gasteiger partial charge < -0.3 is 0 Å². The van der Waals surface area contributed by atoms with Crippen LogP contribution in [0.15, 0.2) is 41.8 Å². The lowest BCUT2D eigenvalue weighted by Crippen LogP contribution is -2.40. The highest BCUT2D eigenvalue weighted by Crippen LogP contribution is 2.28. The fourth-order valence-corrected chi connectivity index (χ4v) is 4.51. The van der Waals surface area contributed by atoms with Crippen molar-refractivity contribution in [2.75, 3.05) is 0 Å². The summed E-state index contributed by atoms with van der Waals surface area (Å²) >= 11 is 1.45. The van der Waals surface area contributed by atoms with Gasteiger partial charge in [-0.2, -0.15) is 0 Å². The molecule has 7 heteroatoms. The molecule has 0 saturated carbocycles. The number of benzene rings is 1. The standard InChI is InChI=1S/C18H20N2O3S2/c21-18(17-13-15-9-5-2-6-10-16(15)24-17)19-20-25(22,23)12-11-14-7-3-1-4-8-14/h1,3-4,7-8,11-13,20H,2,5-6,9-10H2,(H,19,21)/b12-11+. The molecule has 0 fully saturated rings. The van der Waals surface area contributed by atoms with E-state index in [1.807, 2.05) is 24.3 Å². The SMILES string of the molecule is O=C(NNS(=O)(=O)/C=C/c1ccccc1)c1cc2c(s1)CCCCC2. The topological polar surface area (TPSA) is 75.3 Å². The molecule has 2 aromatic rings. The number of hydrogen-bond acceptors (Lipinski definition) is 4. The third kappa shape index (κ3) is 5.01. The number of rotatable bonds is 5. The van der Waals surface area contributed by atoms with E-state index in [0.29, 0.717) is 4.88 Å². The number of hydrogen-bond donors (Lipinski definition) is 2. The van der Waals surface area contributed by atoms with Gasteiger partial charge in [-0.15, -0.1) is 16.2 Å². The van der Waals surface area contributed by atoms with Gasteiger partial charge in [-0.1, -0.05) is 36.8 Å². The maximum absolute atomic E-state index is 12.2. The Morgan fingerprint density at radius 3 is 2.64 bits per heavy atom. The highest BCUT2D eigenvalue weighted by atomic mass is 32.2. The van der Waals surface area contributed by atoms with Gasteiger partial charge in [-0.25, -0.2) is 8.42 Å². The second kappa shape index (κ2) is 7.95. The van der Waals surface area contributed by atoms with E-state index in [4.69, 9.17) is 0 Å². The fraction of sp³-hybridized carbons (Fsp3) is 0.278. The molecule has 2 N–H and O–H groups in total. The molecule has 25 heavy (non-hydrogen) atoms. The van der Waals surface area contributed by atoms with Crippen molar-refractivity contribution in [2.45, 2.75) is 32.1 Å². The van der Waals surface area contributed by atoms with Crippen molar-refractivity contribution in [3.63, 3.8) is 0 Å². The van der Waals surface area contributed by atoms with Crippen molar-refractivity contribution in [1.82, 2.24) is 10.3 Å². The van der Waals surface area contributed by atoms with Crippen LogP contribution in [0.3, 0.4) is 0 Å². The summed E-state index contributed by atoms with van der Waals surface area (Å²) in [5, 5.41) is 1.03. The Kier molecular flexibility index (Phi) is 5.67. The molecule has 0 spiro atoms. The highest BCUT2D eigenvalue weighted by Gasteiger charge is 2.17. The van der Waals surface area contributed by atoms with Crippen molar-refractivity contribution in [1.29, 1.82) is 0 Å². The summed E-state index contributed by atoms with van der Waals surface area (Å²) < 4.78 is 23.9. The van der Waals surface area contributed by atoms with Crippen LogP contribution in [-0.2, 0) is 22.9 Å². The van der Waals surface area contributed by atoms with Crippen molar-refractivity contribution < 1.29 is 13.2 Å². The molecule has 1 aromatic heterocycles. The van der Waals surface area contributed by atoms with Gasteiger partial charge in [0.05, 0.1) is 4.88 Å². The summed E-state index contributed by atoms with van der Waals surface area (Å²) in [7, 11) is -3.75. The van der Waals surface area contributed by atoms with E-state index in [9.17, 15) is 13.2 Å². The quantitative estimate of drug-likeness (QED) is 0.621. The van der Waals surface area contributed by atoms with Gasteiger partial charge in [0.25, 0.3) is 15.9 Å². The van der Waals surface area contributed by atoms with Crippen LogP contribution in [-0.4, -0.2) is 14.3 Å².